The highest BCUT2D eigenvalue weighted by Crippen LogP contribution is 2.29. The highest BCUT2D eigenvalue weighted by Gasteiger charge is 2.24. The summed E-state index contributed by atoms with van der Waals surface area (Å²) in [4.78, 5) is 3.77. The number of nitrogens with zero attached hydrogens (tertiary/aromatic N) is 2. The van der Waals surface area contributed by atoms with Gasteiger partial charge in [0.05, 0.1) is 11.9 Å². The summed E-state index contributed by atoms with van der Waals surface area (Å²) in [5.74, 6) is 0. The number of rotatable bonds is 3. The number of halogens is 1. The molecule has 0 amide bonds. The van der Waals surface area contributed by atoms with Crippen molar-refractivity contribution in [2.24, 2.45) is 0 Å². The fourth-order valence-electron chi connectivity index (χ4n) is 1.78. The molecule has 1 heterocycles. The van der Waals surface area contributed by atoms with E-state index >= 15 is 0 Å². The summed E-state index contributed by atoms with van der Waals surface area (Å²) in [7, 11) is -2.07. The van der Waals surface area contributed by atoms with Crippen LogP contribution in [0.15, 0.2) is 28.6 Å². The molecule has 0 saturated carbocycles. The second-order valence-electron chi connectivity index (χ2n) is 4.19. The molecule has 7 heteroatoms. The lowest BCUT2D eigenvalue weighted by molar-refractivity contribution is 0.596. The van der Waals surface area contributed by atoms with Gasteiger partial charge >= 0.3 is 0 Å². The lowest BCUT2D eigenvalue weighted by Gasteiger charge is -2.20. The predicted octanol–water partition coefficient (Wildman–Crippen LogP) is 3.24. The van der Waals surface area contributed by atoms with Gasteiger partial charge in [-0.05, 0) is 25.5 Å². The van der Waals surface area contributed by atoms with E-state index in [1.807, 2.05) is 26.0 Å². The van der Waals surface area contributed by atoms with E-state index in [0.717, 1.165) is 22.5 Å². The van der Waals surface area contributed by atoms with E-state index in [2.05, 4.69) is 4.98 Å². The standard InChI is InChI=1S/C12H13ClN2O2S2/c1-8-4-5-10(9(2)6-8)15(3)19(16,17)11-7-14-12(13)18-11/h4-7H,1-3H3. The Kier molecular flexibility index (Phi) is 3.85. The van der Waals surface area contributed by atoms with Crippen LogP contribution >= 0.6 is 22.9 Å². The Morgan fingerprint density at radius 1 is 1.32 bits per heavy atom. The van der Waals surface area contributed by atoms with E-state index in [4.69, 9.17) is 11.6 Å². The molecule has 0 aliphatic carbocycles. The fourth-order valence-corrected chi connectivity index (χ4v) is 4.51. The van der Waals surface area contributed by atoms with Crippen molar-refractivity contribution in [1.29, 1.82) is 0 Å². The van der Waals surface area contributed by atoms with Gasteiger partial charge in [0.25, 0.3) is 10.0 Å². The largest absolute Gasteiger partial charge is 0.275 e. The molecule has 0 atom stereocenters. The average Bonchev–Trinajstić information content (AvgIpc) is 2.76. The molecule has 0 radical (unpaired) electrons. The van der Waals surface area contributed by atoms with E-state index in [1.54, 1.807) is 6.07 Å². The van der Waals surface area contributed by atoms with Gasteiger partial charge in [0.15, 0.2) is 8.68 Å². The van der Waals surface area contributed by atoms with Gasteiger partial charge in [0.1, 0.15) is 0 Å². The first-order chi connectivity index (χ1) is 8.82. The Hall–Kier alpha value is -1.11. The Morgan fingerprint density at radius 3 is 2.53 bits per heavy atom. The number of aromatic nitrogens is 1. The molecule has 0 aliphatic heterocycles. The molecule has 0 saturated heterocycles. The van der Waals surface area contributed by atoms with Crippen molar-refractivity contribution in [2.45, 2.75) is 18.1 Å². The molecule has 0 spiro atoms. The summed E-state index contributed by atoms with van der Waals surface area (Å²) in [6.07, 6.45) is 1.28. The molecule has 0 unspecified atom stereocenters. The van der Waals surface area contributed by atoms with Crippen LogP contribution in [0.25, 0.3) is 0 Å². The molecule has 2 aromatic rings. The minimum atomic E-state index is -3.60. The summed E-state index contributed by atoms with van der Waals surface area (Å²) in [5, 5.41) is 0. The maximum atomic E-state index is 12.4. The van der Waals surface area contributed by atoms with Crippen molar-refractivity contribution in [3.8, 4) is 0 Å². The molecule has 1 aromatic carbocycles. The molecule has 4 nitrogen and oxygen atoms in total. The van der Waals surface area contributed by atoms with Crippen LogP contribution in [0, 0.1) is 13.8 Å². The van der Waals surface area contributed by atoms with Crippen LogP contribution in [0.5, 0.6) is 0 Å². The van der Waals surface area contributed by atoms with Crippen molar-refractivity contribution in [1.82, 2.24) is 4.98 Å². The average molecular weight is 317 g/mol. The molecule has 0 bridgehead atoms. The summed E-state index contributed by atoms with van der Waals surface area (Å²) >= 11 is 6.65. The fraction of sp³-hybridized carbons (Fsp3) is 0.250. The zero-order valence-corrected chi connectivity index (χ0v) is 13.1. The van der Waals surface area contributed by atoms with Gasteiger partial charge in [-0.15, -0.1) is 0 Å². The van der Waals surface area contributed by atoms with Crippen LogP contribution in [0.1, 0.15) is 11.1 Å². The van der Waals surface area contributed by atoms with Gasteiger partial charge in [-0.3, -0.25) is 4.31 Å². The number of anilines is 1. The van der Waals surface area contributed by atoms with Gasteiger partial charge in [0.2, 0.25) is 0 Å². The highest BCUT2D eigenvalue weighted by atomic mass is 35.5. The normalized spacial score (nSPS) is 11.6. The summed E-state index contributed by atoms with van der Waals surface area (Å²) < 4.78 is 26.5. The van der Waals surface area contributed by atoms with E-state index in [9.17, 15) is 8.42 Å². The minimum absolute atomic E-state index is 0.139. The van der Waals surface area contributed by atoms with Crippen molar-refractivity contribution in [3.05, 3.63) is 40.0 Å². The van der Waals surface area contributed by atoms with E-state index in [-0.39, 0.29) is 8.68 Å². The van der Waals surface area contributed by atoms with Crippen LogP contribution < -0.4 is 4.31 Å². The van der Waals surface area contributed by atoms with Crippen molar-refractivity contribution >= 4 is 38.6 Å². The maximum Gasteiger partial charge on any atom is 0.275 e. The first-order valence-electron chi connectivity index (χ1n) is 5.50. The van der Waals surface area contributed by atoms with Gasteiger partial charge < -0.3 is 0 Å². The number of benzene rings is 1. The van der Waals surface area contributed by atoms with Crippen molar-refractivity contribution < 1.29 is 8.42 Å². The molecule has 2 rings (SSSR count). The molecule has 0 N–H and O–H groups in total. The van der Waals surface area contributed by atoms with Crippen molar-refractivity contribution in [3.63, 3.8) is 0 Å². The zero-order chi connectivity index (χ0) is 14.2. The number of thiazole rings is 1. The predicted molar refractivity (Wildman–Crippen MR) is 78.6 cm³/mol. The Morgan fingerprint density at radius 2 is 2.00 bits per heavy atom. The molecule has 102 valence electrons. The molecule has 1 aromatic heterocycles. The third kappa shape index (κ3) is 2.75. The van der Waals surface area contributed by atoms with E-state index in [1.165, 1.54) is 17.5 Å². The van der Waals surface area contributed by atoms with Crippen LogP contribution in [-0.2, 0) is 10.0 Å². The summed E-state index contributed by atoms with van der Waals surface area (Å²) in [5.41, 5.74) is 2.64. The SMILES string of the molecule is Cc1ccc(N(C)S(=O)(=O)c2cnc(Cl)s2)c(C)c1. The van der Waals surface area contributed by atoms with Gasteiger partial charge in [0, 0.05) is 7.05 Å². The second-order valence-corrected chi connectivity index (χ2v) is 8.00. The van der Waals surface area contributed by atoms with E-state index in [0.29, 0.717) is 5.69 Å². The van der Waals surface area contributed by atoms with Crippen molar-refractivity contribution in [2.75, 3.05) is 11.4 Å². The topological polar surface area (TPSA) is 50.3 Å². The number of hydrogen-bond acceptors (Lipinski definition) is 4. The molecule has 19 heavy (non-hydrogen) atoms. The molecular weight excluding hydrogens is 304 g/mol. The smallest absolute Gasteiger partial charge is 0.268 e. The first-order valence-corrected chi connectivity index (χ1v) is 8.13. The van der Waals surface area contributed by atoms with Gasteiger partial charge in [-0.1, -0.05) is 40.6 Å². The third-order valence-electron chi connectivity index (χ3n) is 2.76. The number of aryl methyl sites for hydroxylation is 2. The molecule has 0 fully saturated rings. The highest BCUT2D eigenvalue weighted by molar-refractivity contribution is 7.94. The van der Waals surface area contributed by atoms with Crippen LogP contribution in [-0.4, -0.2) is 20.4 Å². The second kappa shape index (κ2) is 5.11. The first kappa shape index (κ1) is 14.3. The monoisotopic (exact) mass is 316 g/mol. The van der Waals surface area contributed by atoms with Crippen LogP contribution in [0.2, 0.25) is 4.47 Å². The van der Waals surface area contributed by atoms with E-state index < -0.39 is 10.0 Å². The lowest BCUT2D eigenvalue weighted by Crippen LogP contribution is -2.26. The Balaban J connectivity index is 2.46. The molecule has 0 aliphatic rings. The maximum absolute atomic E-state index is 12.4. The van der Waals surface area contributed by atoms with Gasteiger partial charge in [-0.2, -0.15) is 0 Å². The Bertz CT molecular complexity index is 710. The Labute approximate surface area is 121 Å². The summed E-state index contributed by atoms with van der Waals surface area (Å²) in [6.45, 7) is 3.85. The summed E-state index contributed by atoms with van der Waals surface area (Å²) in [6, 6.07) is 5.62. The number of sulfonamides is 1. The number of hydrogen-bond donors (Lipinski definition) is 0. The lowest BCUT2D eigenvalue weighted by atomic mass is 10.1. The molecular formula is C12H13ClN2O2S2. The third-order valence-corrected chi connectivity index (χ3v) is 6.09. The minimum Gasteiger partial charge on any atom is -0.268 e. The quantitative estimate of drug-likeness (QED) is 0.873. The van der Waals surface area contributed by atoms with Crippen LogP contribution in [0.4, 0.5) is 5.69 Å². The zero-order valence-electron chi connectivity index (χ0n) is 10.7. The van der Waals surface area contributed by atoms with Gasteiger partial charge in [-0.25, -0.2) is 13.4 Å². The van der Waals surface area contributed by atoms with Crippen LogP contribution in [0.3, 0.4) is 0 Å².